The Labute approximate surface area is 108 Å². The number of halogens is 2. The van der Waals surface area contributed by atoms with Crippen LogP contribution >= 0.6 is 0 Å². The number of aromatic nitrogens is 2. The highest BCUT2D eigenvalue weighted by molar-refractivity contribution is 5.99. The van der Waals surface area contributed by atoms with Crippen LogP contribution in [0.15, 0.2) is 30.5 Å². The highest BCUT2D eigenvalue weighted by atomic mass is 19.1. The largest absolute Gasteiger partial charge is 0.324 e. The van der Waals surface area contributed by atoms with Gasteiger partial charge in [-0.05, 0) is 19.1 Å². The third-order valence-electron chi connectivity index (χ3n) is 2.39. The first-order valence-corrected chi connectivity index (χ1v) is 5.65. The number of nitrogens with zero attached hydrogens (tertiary/aromatic N) is 2. The van der Waals surface area contributed by atoms with E-state index in [1.807, 2.05) is 6.92 Å². The van der Waals surface area contributed by atoms with Crippen molar-refractivity contribution in [3.63, 3.8) is 0 Å². The Morgan fingerprint density at radius 3 is 2.74 bits per heavy atom. The average Bonchev–Trinajstić information content (AvgIpc) is 2.80. The Morgan fingerprint density at radius 2 is 2.11 bits per heavy atom. The van der Waals surface area contributed by atoms with Crippen LogP contribution in [0.1, 0.15) is 6.92 Å². The molecule has 2 amide bonds. The van der Waals surface area contributed by atoms with E-state index in [0.29, 0.717) is 18.4 Å². The van der Waals surface area contributed by atoms with E-state index in [2.05, 4.69) is 15.7 Å². The van der Waals surface area contributed by atoms with Gasteiger partial charge in [-0.25, -0.2) is 13.6 Å². The molecule has 2 aromatic rings. The van der Waals surface area contributed by atoms with Crippen molar-refractivity contribution < 1.29 is 13.6 Å². The Morgan fingerprint density at radius 1 is 1.32 bits per heavy atom. The molecule has 0 aliphatic carbocycles. The van der Waals surface area contributed by atoms with Gasteiger partial charge in [-0.2, -0.15) is 5.10 Å². The van der Waals surface area contributed by atoms with Crippen LogP contribution in [0.25, 0.3) is 0 Å². The number of amides is 2. The molecule has 0 fully saturated rings. The summed E-state index contributed by atoms with van der Waals surface area (Å²) in [6.07, 6.45) is 1.70. The van der Waals surface area contributed by atoms with Gasteiger partial charge in [0.2, 0.25) is 0 Å². The van der Waals surface area contributed by atoms with Gasteiger partial charge in [-0.3, -0.25) is 10.00 Å². The first kappa shape index (κ1) is 13.0. The van der Waals surface area contributed by atoms with E-state index in [-0.39, 0.29) is 5.69 Å². The van der Waals surface area contributed by atoms with Gasteiger partial charge >= 0.3 is 6.03 Å². The summed E-state index contributed by atoms with van der Waals surface area (Å²) in [5.74, 6) is -1.19. The highest BCUT2D eigenvalue weighted by Crippen LogP contribution is 2.15. The van der Waals surface area contributed by atoms with E-state index in [9.17, 15) is 13.6 Å². The maximum atomic E-state index is 13.3. The molecule has 1 heterocycles. The highest BCUT2D eigenvalue weighted by Gasteiger charge is 2.09. The number of aryl methyl sites for hydroxylation is 1. The van der Waals surface area contributed by atoms with Crippen LogP contribution in [0.4, 0.5) is 25.1 Å². The molecule has 2 rings (SSSR count). The van der Waals surface area contributed by atoms with E-state index in [0.717, 1.165) is 12.1 Å². The minimum Gasteiger partial charge on any atom is -0.305 e. The summed E-state index contributed by atoms with van der Waals surface area (Å²) in [4.78, 5) is 11.6. The van der Waals surface area contributed by atoms with Gasteiger partial charge in [0.1, 0.15) is 11.6 Å². The Kier molecular flexibility index (Phi) is 3.74. The number of rotatable bonds is 3. The molecule has 0 aliphatic rings. The van der Waals surface area contributed by atoms with Crippen LogP contribution < -0.4 is 10.6 Å². The molecule has 7 heteroatoms. The second-order valence-corrected chi connectivity index (χ2v) is 3.76. The molecule has 0 unspecified atom stereocenters. The topological polar surface area (TPSA) is 59.0 Å². The average molecular weight is 266 g/mol. The van der Waals surface area contributed by atoms with Gasteiger partial charge in [0.05, 0.1) is 5.69 Å². The van der Waals surface area contributed by atoms with Crippen molar-refractivity contribution >= 4 is 17.5 Å². The van der Waals surface area contributed by atoms with Crippen LogP contribution in [-0.4, -0.2) is 15.8 Å². The van der Waals surface area contributed by atoms with E-state index in [4.69, 9.17) is 0 Å². The van der Waals surface area contributed by atoms with Crippen molar-refractivity contribution in [1.29, 1.82) is 0 Å². The SMILES string of the molecule is CCn1ccc(NC(=O)Nc2ccc(F)cc2F)n1. The van der Waals surface area contributed by atoms with Crippen LogP contribution in [0.5, 0.6) is 0 Å². The number of hydrogen-bond acceptors (Lipinski definition) is 2. The second kappa shape index (κ2) is 5.47. The minimum atomic E-state index is -0.839. The molecular formula is C12H12F2N4O. The molecule has 0 atom stereocenters. The lowest BCUT2D eigenvalue weighted by molar-refractivity contribution is 0.262. The van der Waals surface area contributed by atoms with Crippen molar-refractivity contribution in [2.24, 2.45) is 0 Å². The fourth-order valence-corrected chi connectivity index (χ4v) is 1.47. The first-order chi connectivity index (χ1) is 9.08. The number of urea groups is 1. The van der Waals surface area contributed by atoms with Gasteiger partial charge in [0, 0.05) is 24.9 Å². The van der Waals surface area contributed by atoms with E-state index in [1.165, 1.54) is 0 Å². The lowest BCUT2D eigenvalue weighted by atomic mass is 10.3. The summed E-state index contributed by atoms with van der Waals surface area (Å²) < 4.78 is 27.6. The smallest absolute Gasteiger partial charge is 0.305 e. The van der Waals surface area contributed by atoms with E-state index in [1.54, 1.807) is 16.9 Å². The van der Waals surface area contributed by atoms with Crippen LogP contribution in [0.3, 0.4) is 0 Å². The van der Waals surface area contributed by atoms with Crippen LogP contribution in [0.2, 0.25) is 0 Å². The van der Waals surface area contributed by atoms with Crippen LogP contribution in [0, 0.1) is 11.6 Å². The zero-order chi connectivity index (χ0) is 13.8. The van der Waals surface area contributed by atoms with Crippen molar-refractivity contribution in [2.45, 2.75) is 13.5 Å². The molecule has 1 aromatic carbocycles. The molecule has 0 spiro atoms. The number of hydrogen-bond donors (Lipinski definition) is 2. The van der Waals surface area contributed by atoms with Gasteiger partial charge in [-0.15, -0.1) is 0 Å². The standard InChI is InChI=1S/C12H12F2N4O/c1-2-18-6-5-11(17-18)16-12(19)15-10-4-3-8(13)7-9(10)14/h3-7H,2H2,1H3,(H2,15,16,17,19). The zero-order valence-electron chi connectivity index (χ0n) is 10.2. The predicted octanol–water partition coefficient (Wildman–Crippen LogP) is 2.83. The lowest BCUT2D eigenvalue weighted by Crippen LogP contribution is -2.20. The fraction of sp³-hybridized carbons (Fsp3) is 0.167. The van der Waals surface area contributed by atoms with Gasteiger partial charge < -0.3 is 5.32 Å². The molecule has 5 nitrogen and oxygen atoms in total. The number of carbonyl (C=O) groups is 1. The van der Waals surface area contributed by atoms with E-state index < -0.39 is 17.7 Å². The summed E-state index contributed by atoms with van der Waals surface area (Å²) in [5.41, 5.74) is -0.103. The predicted molar refractivity (Wildman–Crippen MR) is 66.9 cm³/mol. The maximum absolute atomic E-state index is 13.3. The third-order valence-corrected chi connectivity index (χ3v) is 2.39. The summed E-state index contributed by atoms with van der Waals surface area (Å²) in [7, 11) is 0. The van der Waals surface area contributed by atoms with Crippen LogP contribution in [-0.2, 0) is 6.54 Å². The summed E-state index contributed by atoms with van der Waals surface area (Å²) in [6, 6.07) is 3.87. The second-order valence-electron chi connectivity index (χ2n) is 3.76. The Hall–Kier alpha value is -2.44. The maximum Gasteiger partial charge on any atom is 0.324 e. The molecule has 0 bridgehead atoms. The zero-order valence-corrected chi connectivity index (χ0v) is 10.2. The third kappa shape index (κ3) is 3.27. The summed E-state index contributed by atoms with van der Waals surface area (Å²) >= 11 is 0. The minimum absolute atomic E-state index is 0.103. The van der Waals surface area contributed by atoms with Gasteiger partial charge in [0.25, 0.3) is 0 Å². The number of carbonyl (C=O) groups excluding carboxylic acids is 1. The Balaban J connectivity index is 2.01. The lowest BCUT2D eigenvalue weighted by Gasteiger charge is -2.06. The molecule has 0 radical (unpaired) electrons. The van der Waals surface area contributed by atoms with Crippen molar-refractivity contribution in [1.82, 2.24) is 9.78 Å². The van der Waals surface area contributed by atoms with Crippen molar-refractivity contribution in [2.75, 3.05) is 10.6 Å². The van der Waals surface area contributed by atoms with E-state index >= 15 is 0 Å². The molecule has 2 N–H and O–H groups in total. The molecule has 19 heavy (non-hydrogen) atoms. The molecule has 0 saturated carbocycles. The van der Waals surface area contributed by atoms with Gasteiger partial charge in [0.15, 0.2) is 5.82 Å². The Bertz CT molecular complexity index is 597. The summed E-state index contributed by atoms with van der Waals surface area (Å²) in [6.45, 7) is 2.58. The first-order valence-electron chi connectivity index (χ1n) is 5.65. The fourth-order valence-electron chi connectivity index (χ4n) is 1.47. The van der Waals surface area contributed by atoms with Crippen molar-refractivity contribution in [3.8, 4) is 0 Å². The molecule has 100 valence electrons. The summed E-state index contributed by atoms with van der Waals surface area (Å²) in [5, 5.41) is 8.75. The molecular weight excluding hydrogens is 254 g/mol. The molecule has 1 aromatic heterocycles. The quantitative estimate of drug-likeness (QED) is 0.897. The number of anilines is 2. The molecule has 0 saturated heterocycles. The molecule has 0 aliphatic heterocycles. The normalized spacial score (nSPS) is 10.3. The van der Waals surface area contributed by atoms with Crippen molar-refractivity contribution in [3.05, 3.63) is 42.1 Å². The van der Waals surface area contributed by atoms with Gasteiger partial charge in [-0.1, -0.05) is 0 Å². The monoisotopic (exact) mass is 266 g/mol. The number of nitrogens with one attached hydrogen (secondary N) is 2. The number of benzene rings is 1.